The van der Waals surface area contributed by atoms with Crippen molar-refractivity contribution in [3.8, 4) is 0 Å². The van der Waals surface area contributed by atoms with Crippen LogP contribution >= 0.6 is 0 Å². The Morgan fingerprint density at radius 3 is 2.70 bits per heavy atom. The Kier molecular flexibility index (Phi) is 3.70. The summed E-state index contributed by atoms with van der Waals surface area (Å²) in [6, 6.07) is 17.1. The van der Waals surface area contributed by atoms with Gasteiger partial charge in [0.15, 0.2) is 0 Å². The molecule has 1 unspecified atom stereocenters. The van der Waals surface area contributed by atoms with Gasteiger partial charge in [-0.1, -0.05) is 42.5 Å². The number of aromatic nitrogens is 2. The predicted molar refractivity (Wildman–Crippen MR) is 81.5 cm³/mol. The Morgan fingerprint density at radius 2 is 1.90 bits per heavy atom. The molecule has 1 heterocycles. The number of fused-ring (bicyclic) bond motifs is 1. The molecule has 1 aromatic heterocycles. The van der Waals surface area contributed by atoms with Gasteiger partial charge >= 0.3 is 0 Å². The second-order valence-electron chi connectivity index (χ2n) is 4.82. The van der Waals surface area contributed by atoms with E-state index in [-0.39, 0.29) is 6.04 Å². The average molecular weight is 263 g/mol. The van der Waals surface area contributed by atoms with Crippen molar-refractivity contribution in [3.63, 3.8) is 0 Å². The fraction of sp³-hybridized carbons (Fsp3) is 0.176. The van der Waals surface area contributed by atoms with Crippen LogP contribution < -0.4 is 5.32 Å². The SMILES string of the molecule is CNC(Cc1cccc2ccccc12)c1ccncn1. The molecule has 1 atom stereocenters. The minimum absolute atomic E-state index is 0.198. The molecule has 0 fully saturated rings. The van der Waals surface area contributed by atoms with E-state index in [0.29, 0.717) is 0 Å². The molecule has 0 aliphatic rings. The molecule has 1 N–H and O–H groups in total. The molecule has 3 aromatic rings. The Hall–Kier alpha value is -2.26. The number of nitrogens with one attached hydrogen (secondary N) is 1. The summed E-state index contributed by atoms with van der Waals surface area (Å²) in [5.41, 5.74) is 2.36. The highest BCUT2D eigenvalue weighted by Gasteiger charge is 2.12. The lowest BCUT2D eigenvalue weighted by atomic mass is 9.97. The zero-order chi connectivity index (χ0) is 13.8. The summed E-state index contributed by atoms with van der Waals surface area (Å²) in [5, 5.41) is 5.93. The van der Waals surface area contributed by atoms with E-state index in [1.807, 2.05) is 13.1 Å². The van der Waals surface area contributed by atoms with Crippen LogP contribution in [0.25, 0.3) is 10.8 Å². The zero-order valence-corrected chi connectivity index (χ0v) is 11.5. The molecular weight excluding hydrogens is 246 g/mol. The van der Waals surface area contributed by atoms with Gasteiger partial charge < -0.3 is 5.32 Å². The van der Waals surface area contributed by atoms with Crippen molar-refractivity contribution in [2.75, 3.05) is 7.05 Å². The highest BCUT2D eigenvalue weighted by Crippen LogP contribution is 2.23. The summed E-state index contributed by atoms with van der Waals surface area (Å²) in [6.45, 7) is 0. The molecule has 3 rings (SSSR count). The molecule has 0 radical (unpaired) electrons. The van der Waals surface area contributed by atoms with Crippen molar-refractivity contribution in [3.05, 3.63) is 72.3 Å². The molecule has 0 aliphatic carbocycles. The second-order valence-corrected chi connectivity index (χ2v) is 4.82. The molecule has 0 bridgehead atoms. The molecule has 3 nitrogen and oxygen atoms in total. The van der Waals surface area contributed by atoms with Crippen LogP contribution in [-0.4, -0.2) is 17.0 Å². The lowest BCUT2D eigenvalue weighted by Gasteiger charge is -2.16. The maximum Gasteiger partial charge on any atom is 0.115 e. The fourth-order valence-electron chi connectivity index (χ4n) is 2.55. The molecule has 0 spiro atoms. The van der Waals surface area contributed by atoms with E-state index in [9.17, 15) is 0 Å². The zero-order valence-electron chi connectivity index (χ0n) is 11.5. The van der Waals surface area contributed by atoms with Crippen LogP contribution in [0.1, 0.15) is 17.3 Å². The lowest BCUT2D eigenvalue weighted by Crippen LogP contribution is -2.20. The van der Waals surface area contributed by atoms with Crippen LogP contribution in [0.5, 0.6) is 0 Å². The third-order valence-electron chi connectivity index (χ3n) is 3.61. The summed E-state index contributed by atoms with van der Waals surface area (Å²) < 4.78 is 0. The van der Waals surface area contributed by atoms with E-state index in [1.165, 1.54) is 16.3 Å². The summed E-state index contributed by atoms with van der Waals surface area (Å²) in [4.78, 5) is 8.33. The van der Waals surface area contributed by atoms with Crippen molar-refractivity contribution >= 4 is 10.8 Å². The highest BCUT2D eigenvalue weighted by molar-refractivity contribution is 5.85. The van der Waals surface area contributed by atoms with Crippen LogP contribution in [0, 0.1) is 0 Å². The Morgan fingerprint density at radius 1 is 1.05 bits per heavy atom. The molecule has 0 saturated carbocycles. The summed E-state index contributed by atoms with van der Waals surface area (Å²) in [7, 11) is 1.97. The molecule has 0 saturated heterocycles. The van der Waals surface area contributed by atoms with Crippen LogP contribution in [0.15, 0.2) is 61.1 Å². The summed E-state index contributed by atoms with van der Waals surface area (Å²) in [5.74, 6) is 0. The van der Waals surface area contributed by atoms with E-state index in [0.717, 1.165) is 12.1 Å². The van der Waals surface area contributed by atoms with Crippen molar-refractivity contribution in [1.29, 1.82) is 0 Å². The van der Waals surface area contributed by atoms with E-state index in [4.69, 9.17) is 0 Å². The standard InChI is InChI=1S/C17H17N3/c1-18-17(16-9-10-19-12-20-16)11-14-7-4-6-13-5-2-3-8-15(13)14/h2-10,12,17-18H,11H2,1H3. The Bertz CT molecular complexity index is 689. The highest BCUT2D eigenvalue weighted by atomic mass is 14.9. The number of nitrogens with zero attached hydrogens (tertiary/aromatic N) is 2. The van der Waals surface area contributed by atoms with Crippen molar-refractivity contribution < 1.29 is 0 Å². The minimum atomic E-state index is 0.198. The van der Waals surface area contributed by atoms with Gasteiger partial charge in [-0.15, -0.1) is 0 Å². The van der Waals surface area contributed by atoms with Gasteiger partial charge in [0.25, 0.3) is 0 Å². The van der Waals surface area contributed by atoms with E-state index in [2.05, 4.69) is 57.7 Å². The fourth-order valence-corrected chi connectivity index (χ4v) is 2.55. The van der Waals surface area contributed by atoms with E-state index >= 15 is 0 Å². The maximum atomic E-state index is 4.35. The van der Waals surface area contributed by atoms with Gasteiger partial charge in [0.05, 0.1) is 11.7 Å². The number of hydrogen-bond donors (Lipinski definition) is 1. The molecule has 0 aliphatic heterocycles. The third-order valence-corrected chi connectivity index (χ3v) is 3.61. The average Bonchev–Trinajstić information content (AvgIpc) is 2.53. The lowest BCUT2D eigenvalue weighted by molar-refractivity contribution is 0.576. The van der Waals surface area contributed by atoms with Gasteiger partial charge in [-0.25, -0.2) is 9.97 Å². The molecule has 100 valence electrons. The first-order valence-corrected chi connectivity index (χ1v) is 6.78. The first kappa shape index (κ1) is 12.8. The van der Waals surface area contributed by atoms with Crippen molar-refractivity contribution in [2.45, 2.75) is 12.5 Å². The molecule has 3 heteroatoms. The number of likely N-dealkylation sites (N-methyl/N-ethyl adjacent to an activating group) is 1. The quantitative estimate of drug-likeness (QED) is 0.786. The van der Waals surface area contributed by atoms with Crippen LogP contribution in [0.4, 0.5) is 0 Å². The van der Waals surface area contributed by atoms with Gasteiger partial charge in [-0.05, 0) is 35.9 Å². The monoisotopic (exact) mass is 263 g/mol. The third kappa shape index (κ3) is 2.53. The first-order chi connectivity index (χ1) is 9.88. The van der Waals surface area contributed by atoms with Gasteiger partial charge in [-0.2, -0.15) is 0 Å². The van der Waals surface area contributed by atoms with E-state index < -0.39 is 0 Å². The molecule has 2 aromatic carbocycles. The van der Waals surface area contributed by atoms with Crippen LogP contribution in [0.2, 0.25) is 0 Å². The number of hydrogen-bond acceptors (Lipinski definition) is 3. The van der Waals surface area contributed by atoms with Crippen LogP contribution in [-0.2, 0) is 6.42 Å². The van der Waals surface area contributed by atoms with Gasteiger partial charge in [0.2, 0.25) is 0 Å². The van der Waals surface area contributed by atoms with Crippen molar-refractivity contribution in [1.82, 2.24) is 15.3 Å². The smallest absolute Gasteiger partial charge is 0.115 e. The predicted octanol–water partition coefficient (Wildman–Crippen LogP) is 3.13. The molecular formula is C17H17N3. The first-order valence-electron chi connectivity index (χ1n) is 6.78. The Balaban J connectivity index is 1.96. The number of benzene rings is 2. The topological polar surface area (TPSA) is 37.8 Å². The molecule has 20 heavy (non-hydrogen) atoms. The number of rotatable bonds is 4. The summed E-state index contributed by atoms with van der Waals surface area (Å²) in [6.07, 6.45) is 4.30. The second kappa shape index (κ2) is 5.80. The molecule has 0 amide bonds. The van der Waals surface area contributed by atoms with Gasteiger partial charge in [-0.3, -0.25) is 0 Å². The van der Waals surface area contributed by atoms with Crippen molar-refractivity contribution in [2.24, 2.45) is 0 Å². The normalized spacial score (nSPS) is 12.4. The minimum Gasteiger partial charge on any atom is -0.311 e. The van der Waals surface area contributed by atoms with Crippen LogP contribution in [0.3, 0.4) is 0 Å². The van der Waals surface area contributed by atoms with E-state index in [1.54, 1.807) is 12.5 Å². The summed E-state index contributed by atoms with van der Waals surface area (Å²) >= 11 is 0. The van der Waals surface area contributed by atoms with Gasteiger partial charge in [0, 0.05) is 6.20 Å². The Labute approximate surface area is 118 Å². The maximum absolute atomic E-state index is 4.35. The largest absolute Gasteiger partial charge is 0.311 e. The van der Waals surface area contributed by atoms with Gasteiger partial charge in [0.1, 0.15) is 6.33 Å².